The zero-order valence-electron chi connectivity index (χ0n) is 9.08. The van der Waals surface area contributed by atoms with Gasteiger partial charge in [-0.1, -0.05) is 35.3 Å². The van der Waals surface area contributed by atoms with Crippen LogP contribution in [0.5, 0.6) is 0 Å². The number of rotatable bonds is 5. The number of nitrogens with one attached hydrogen (secondary N) is 1. The molecule has 0 aromatic heterocycles. The maximum atomic E-state index is 10.0. The summed E-state index contributed by atoms with van der Waals surface area (Å²) in [6.07, 6.45) is -0.125. The molecule has 5 heteroatoms. The number of nitrogens with two attached hydrogens (primary N) is 1. The van der Waals surface area contributed by atoms with Crippen LogP contribution in [0.25, 0.3) is 0 Å². The summed E-state index contributed by atoms with van der Waals surface area (Å²) in [6.45, 7) is 0.746. The van der Waals surface area contributed by atoms with Gasteiger partial charge in [0, 0.05) is 11.6 Å². The summed E-state index contributed by atoms with van der Waals surface area (Å²) in [4.78, 5) is 0. The molecule has 4 N–H and O–H groups in total. The largest absolute Gasteiger partial charge is 0.387 e. The van der Waals surface area contributed by atoms with Crippen LogP contribution >= 0.6 is 23.2 Å². The first-order valence-corrected chi connectivity index (χ1v) is 5.85. The van der Waals surface area contributed by atoms with E-state index in [0.717, 1.165) is 6.54 Å². The van der Waals surface area contributed by atoms with Gasteiger partial charge in [-0.05, 0) is 26.1 Å². The van der Waals surface area contributed by atoms with Gasteiger partial charge in [0.2, 0.25) is 0 Å². The molecule has 1 rings (SSSR count). The van der Waals surface area contributed by atoms with Crippen LogP contribution in [0.15, 0.2) is 18.2 Å². The highest BCUT2D eigenvalue weighted by molar-refractivity contribution is 6.42. The van der Waals surface area contributed by atoms with Gasteiger partial charge in [0.25, 0.3) is 0 Å². The average molecular weight is 263 g/mol. The summed E-state index contributed by atoms with van der Waals surface area (Å²) in [6, 6.07) is 4.80. The predicted molar refractivity (Wildman–Crippen MR) is 67.9 cm³/mol. The molecule has 0 heterocycles. The van der Waals surface area contributed by atoms with Gasteiger partial charge in [-0.25, -0.2) is 0 Å². The number of hydrogen-bond acceptors (Lipinski definition) is 3. The van der Waals surface area contributed by atoms with Crippen LogP contribution < -0.4 is 11.1 Å². The summed E-state index contributed by atoms with van der Waals surface area (Å²) >= 11 is 11.9. The second-order valence-electron chi connectivity index (χ2n) is 3.64. The fourth-order valence-corrected chi connectivity index (χ4v) is 1.87. The molecule has 0 saturated carbocycles. The maximum Gasteiger partial charge on any atom is 0.0956 e. The Kier molecular flexibility index (Phi) is 5.52. The van der Waals surface area contributed by atoms with Crippen LogP contribution in [0, 0.1) is 0 Å². The number of benzene rings is 1. The lowest BCUT2D eigenvalue weighted by Gasteiger charge is -2.20. The van der Waals surface area contributed by atoms with Crippen molar-refractivity contribution < 1.29 is 5.11 Å². The Balaban J connectivity index is 2.79. The van der Waals surface area contributed by atoms with Crippen molar-refractivity contribution in [1.82, 2.24) is 5.32 Å². The van der Waals surface area contributed by atoms with Crippen molar-refractivity contribution in [1.29, 1.82) is 0 Å². The van der Waals surface area contributed by atoms with E-state index in [2.05, 4.69) is 5.32 Å². The smallest absolute Gasteiger partial charge is 0.0956 e. The fraction of sp³-hybridized carbons (Fsp3) is 0.455. The van der Waals surface area contributed by atoms with Gasteiger partial charge in [0.15, 0.2) is 0 Å². The lowest BCUT2D eigenvalue weighted by atomic mass is 10.0. The summed E-state index contributed by atoms with van der Waals surface area (Å²) in [5.74, 6) is 0. The molecule has 1 aromatic carbocycles. The van der Waals surface area contributed by atoms with Crippen molar-refractivity contribution in [2.45, 2.75) is 18.6 Å². The highest BCUT2D eigenvalue weighted by Gasteiger charge is 2.19. The second kappa shape index (κ2) is 6.42. The second-order valence-corrected chi connectivity index (χ2v) is 4.43. The van der Waals surface area contributed by atoms with Crippen molar-refractivity contribution in [2.75, 3.05) is 13.6 Å². The third-order valence-corrected chi connectivity index (χ3v) is 3.27. The third-order valence-electron chi connectivity index (χ3n) is 2.43. The van der Waals surface area contributed by atoms with Crippen molar-refractivity contribution in [3.05, 3.63) is 33.8 Å². The molecule has 2 atom stereocenters. The molecule has 0 aliphatic heterocycles. The van der Waals surface area contributed by atoms with Gasteiger partial charge in [-0.2, -0.15) is 0 Å². The highest BCUT2D eigenvalue weighted by Crippen LogP contribution is 2.31. The van der Waals surface area contributed by atoms with Crippen LogP contribution in [0.3, 0.4) is 0 Å². The van der Waals surface area contributed by atoms with E-state index in [1.165, 1.54) is 0 Å². The minimum absolute atomic E-state index is 0.358. The first kappa shape index (κ1) is 13.7. The average Bonchev–Trinajstić information content (AvgIpc) is 2.28. The minimum atomic E-state index is -0.792. The summed E-state index contributed by atoms with van der Waals surface area (Å²) in [5.41, 5.74) is 6.44. The normalized spacial score (nSPS) is 14.8. The zero-order valence-corrected chi connectivity index (χ0v) is 10.6. The standard InChI is InChI=1S/C11H16Cl2N2O/c1-15-6-5-9(14)11(16)7-3-2-4-8(12)10(7)13/h2-4,9,11,15-16H,5-6,14H2,1H3. The summed E-state index contributed by atoms with van der Waals surface area (Å²) in [7, 11) is 1.84. The first-order chi connectivity index (χ1) is 7.57. The fourth-order valence-electron chi connectivity index (χ4n) is 1.45. The van der Waals surface area contributed by atoms with Crippen molar-refractivity contribution in [3.8, 4) is 0 Å². The van der Waals surface area contributed by atoms with E-state index in [1.54, 1.807) is 18.2 Å². The molecule has 0 amide bonds. The number of halogens is 2. The number of hydrogen-bond donors (Lipinski definition) is 3. The Morgan fingerprint density at radius 2 is 2.12 bits per heavy atom. The van der Waals surface area contributed by atoms with Crippen LogP contribution in [0.2, 0.25) is 10.0 Å². The highest BCUT2D eigenvalue weighted by atomic mass is 35.5. The van der Waals surface area contributed by atoms with Crippen molar-refractivity contribution >= 4 is 23.2 Å². The molecular weight excluding hydrogens is 247 g/mol. The van der Waals surface area contributed by atoms with Crippen LogP contribution in [-0.2, 0) is 0 Å². The van der Waals surface area contributed by atoms with Gasteiger partial charge in [0.05, 0.1) is 16.1 Å². The molecule has 16 heavy (non-hydrogen) atoms. The van der Waals surface area contributed by atoms with Gasteiger partial charge >= 0.3 is 0 Å². The van der Waals surface area contributed by atoms with E-state index in [1.807, 2.05) is 7.05 Å². The maximum absolute atomic E-state index is 10.0. The van der Waals surface area contributed by atoms with Crippen molar-refractivity contribution in [3.63, 3.8) is 0 Å². The minimum Gasteiger partial charge on any atom is -0.387 e. The van der Waals surface area contributed by atoms with E-state index < -0.39 is 6.10 Å². The van der Waals surface area contributed by atoms with Gasteiger partial charge in [-0.15, -0.1) is 0 Å². The summed E-state index contributed by atoms with van der Waals surface area (Å²) < 4.78 is 0. The Bertz CT molecular complexity index is 347. The van der Waals surface area contributed by atoms with Gasteiger partial charge < -0.3 is 16.2 Å². The molecule has 0 saturated heterocycles. The van der Waals surface area contributed by atoms with E-state index >= 15 is 0 Å². The molecule has 0 spiro atoms. The Morgan fingerprint density at radius 3 is 2.75 bits per heavy atom. The number of aliphatic hydroxyl groups excluding tert-OH is 1. The predicted octanol–water partition coefficient (Wildman–Crippen LogP) is 1.96. The lowest BCUT2D eigenvalue weighted by Crippen LogP contribution is -2.31. The van der Waals surface area contributed by atoms with E-state index in [0.29, 0.717) is 22.0 Å². The number of aliphatic hydroxyl groups is 1. The topological polar surface area (TPSA) is 58.3 Å². The molecular formula is C11H16Cl2N2O. The van der Waals surface area contributed by atoms with Gasteiger partial charge in [0.1, 0.15) is 0 Å². The van der Waals surface area contributed by atoms with Crippen LogP contribution in [-0.4, -0.2) is 24.7 Å². The van der Waals surface area contributed by atoms with E-state index in [4.69, 9.17) is 28.9 Å². The van der Waals surface area contributed by atoms with Crippen LogP contribution in [0.1, 0.15) is 18.1 Å². The quantitative estimate of drug-likeness (QED) is 0.761. The molecule has 3 nitrogen and oxygen atoms in total. The SMILES string of the molecule is CNCCC(N)C(O)c1cccc(Cl)c1Cl. The molecule has 0 fully saturated rings. The van der Waals surface area contributed by atoms with Crippen molar-refractivity contribution in [2.24, 2.45) is 5.73 Å². The van der Waals surface area contributed by atoms with Crippen LogP contribution in [0.4, 0.5) is 0 Å². The Labute approximate surface area is 106 Å². The molecule has 0 aliphatic carbocycles. The first-order valence-electron chi connectivity index (χ1n) is 5.10. The molecule has 90 valence electrons. The zero-order chi connectivity index (χ0) is 12.1. The molecule has 0 bridgehead atoms. The molecule has 2 unspecified atom stereocenters. The Morgan fingerprint density at radius 1 is 1.44 bits per heavy atom. The van der Waals surface area contributed by atoms with E-state index in [9.17, 15) is 5.11 Å². The molecule has 1 aromatic rings. The molecule has 0 aliphatic rings. The van der Waals surface area contributed by atoms with E-state index in [-0.39, 0.29) is 6.04 Å². The monoisotopic (exact) mass is 262 g/mol. The Hall–Kier alpha value is -0.320. The summed E-state index contributed by atoms with van der Waals surface area (Å²) in [5, 5.41) is 13.8. The molecule has 0 radical (unpaired) electrons. The lowest BCUT2D eigenvalue weighted by molar-refractivity contribution is 0.142. The van der Waals surface area contributed by atoms with Gasteiger partial charge in [-0.3, -0.25) is 0 Å². The third kappa shape index (κ3) is 3.34.